The predicted octanol–water partition coefficient (Wildman–Crippen LogP) is 2.46. The first-order valence-corrected chi connectivity index (χ1v) is 5.60. The Morgan fingerprint density at radius 2 is 2.12 bits per heavy atom. The van der Waals surface area contributed by atoms with Gasteiger partial charge in [-0.25, -0.2) is 10.8 Å². The lowest BCUT2D eigenvalue weighted by Gasteiger charge is -2.27. The summed E-state index contributed by atoms with van der Waals surface area (Å²) in [5, 5.41) is 3.39. The minimum Gasteiger partial charge on any atom is -0.385 e. The van der Waals surface area contributed by atoms with Crippen LogP contribution in [0, 0.1) is 11.3 Å². The fourth-order valence-corrected chi connectivity index (χ4v) is 1.20. The van der Waals surface area contributed by atoms with E-state index in [1.54, 1.807) is 6.20 Å². The van der Waals surface area contributed by atoms with Crippen molar-refractivity contribution in [2.24, 2.45) is 17.2 Å². The van der Waals surface area contributed by atoms with E-state index in [2.05, 4.69) is 43.4 Å². The first-order valence-electron chi connectivity index (χ1n) is 5.60. The number of nitrogens with two attached hydrogens (primary N) is 1. The molecule has 1 aromatic rings. The monoisotopic (exact) mass is 222 g/mol. The van der Waals surface area contributed by atoms with Crippen LogP contribution in [0.4, 0.5) is 11.5 Å². The fourth-order valence-electron chi connectivity index (χ4n) is 1.20. The maximum absolute atomic E-state index is 5.30. The van der Waals surface area contributed by atoms with Crippen molar-refractivity contribution in [1.82, 2.24) is 4.98 Å². The topological polar surface area (TPSA) is 63.0 Å². The lowest BCUT2D eigenvalue weighted by atomic mass is 9.82. The Morgan fingerprint density at radius 1 is 1.44 bits per heavy atom. The number of nitrogen functional groups attached to an aromatic ring is 1. The number of aromatic nitrogens is 1. The molecular formula is C12H22N4. The highest BCUT2D eigenvalue weighted by molar-refractivity contribution is 5.51. The van der Waals surface area contributed by atoms with Gasteiger partial charge in [-0.15, -0.1) is 0 Å². The van der Waals surface area contributed by atoms with Gasteiger partial charge in [0.15, 0.2) is 0 Å². The molecule has 1 aromatic heterocycles. The van der Waals surface area contributed by atoms with E-state index >= 15 is 0 Å². The van der Waals surface area contributed by atoms with E-state index in [-0.39, 0.29) is 0 Å². The Labute approximate surface area is 97.6 Å². The zero-order chi connectivity index (χ0) is 12.2. The standard InChI is InChI=1S/C12H22N4/c1-9(12(2,3)4)8-15-10-5-6-14-11(7-10)16-13/h5-7,9H,8,13H2,1-4H3,(H2,14,15,16). The van der Waals surface area contributed by atoms with E-state index in [4.69, 9.17) is 5.84 Å². The number of hydrazine groups is 1. The molecule has 0 saturated carbocycles. The molecule has 90 valence electrons. The molecule has 1 rings (SSSR count). The predicted molar refractivity (Wildman–Crippen MR) is 69.2 cm³/mol. The van der Waals surface area contributed by atoms with Gasteiger partial charge in [0.1, 0.15) is 5.82 Å². The van der Waals surface area contributed by atoms with Gasteiger partial charge in [0.25, 0.3) is 0 Å². The van der Waals surface area contributed by atoms with Crippen LogP contribution in [-0.2, 0) is 0 Å². The molecule has 1 heterocycles. The van der Waals surface area contributed by atoms with Crippen molar-refractivity contribution < 1.29 is 0 Å². The van der Waals surface area contributed by atoms with Gasteiger partial charge in [0.05, 0.1) is 0 Å². The van der Waals surface area contributed by atoms with E-state index in [1.165, 1.54) is 0 Å². The number of hydrogen-bond acceptors (Lipinski definition) is 4. The molecule has 4 N–H and O–H groups in total. The van der Waals surface area contributed by atoms with Crippen molar-refractivity contribution in [3.8, 4) is 0 Å². The van der Waals surface area contributed by atoms with Crippen molar-refractivity contribution in [2.75, 3.05) is 17.3 Å². The zero-order valence-electron chi connectivity index (χ0n) is 10.5. The van der Waals surface area contributed by atoms with Gasteiger partial charge in [-0.05, 0) is 17.4 Å². The summed E-state index contributed by atoms with van der Waals surface area (Å²) in [6.45, 7) is 9.93. The summed E-state index contributed by atoms with van der Waals surface area (Å²) >= 11 is 0. The Hall–Kier alpha value is -1.29. The van der Waals surface area contributed by atoms with Crippen LogP contribution in [0.5, 0.6) is 0 Å². The highest BCUT2D eigenvalue weighted by atomic mass is 15.2. The molecule has 0 amide bonds. The Kier molecular flexibility index (Phi) is 4.12. The number of nitrogens with zero attached hydrogens (tertiary/aromatic N) is 1. The number of hydrogen-bond donors (Lipinski definition) is 3. The minimum atomic E-state index is 0.314. The lowest BCUT2D eigenvalue weighted by molar-refractivity contribution is 0.274. The average molecular weight is 222 g/mol. The first-order chi connectivity index (χ1) is 7.43. The van der Waals surface area contributed by atoms with Crippen LogP contribution >= 0.6 is 0 Å². The van der Waals surface area contributed by atoms with Gasteiger partial charge in [0.2, 0.25) is 0 Å². The largest absolute Gasteiger partial charge is 0.385 e. The van der Waals surface area contributed by atoms with Crippen LogP contribution in [-0.4, -0.2) is 11.5 Å². The normalized spacial score (nSPS) is 13.3. The molecule has 16 heavy (non-hydrogen) atoms. The summed E-state index contributed by atoms with van der Waals surface area (Å²) < 4.78 is 0. The van der Waals surface area contributed by atoms with Crippen molar-refractivity contribution in [3.63, 3.8) is 0 Å². The highest BCUT2D eigenvalue weighted by Crippen LogP contribution is 2.25. The van der Waals surface area contributed by atoms with Crippen LogP contribution in [0.1, 0.15) is 27.7 Å². The number of anilines is 2. The third kappa shape index (κ3) is 3.70. The average Bonchev–Trinajstić information content (AvgIpc) is 2.25. The molecule has 0 radical (unpaired) electrons. The molecule has 1 unspecified atom stereocenters. The molecule has 0 aliphatic carbocycles. The van der Waals surface area contributed by atoms with Crippen molar-refractivity contribution in [1.29, 1.82) is 0 Å². The van der Waals surface area contributed by atoms with Gasteiger partial charge in [0, 0.05) is 24.5 Å². The van der Waals surface area contributed by atoms with Crippen LogP contribution in [0.15, 0.2) is 18.3 Å². The first kappa shape index (κ1) is 12.8. The van der Waals surface area contributed by atoms with Crippen LogP contribution < -0.4 is 16.6 Å². The molecule has 0 bridgehead atoms. The summed E-state index contributed by atoms with van der Waals surface area (Å²) in [6, 6.07) is 3.84. The molecule has 0 aliphatic rings. The van der Waals surface area contributed by atoms with Gasteiger partial charge >= 0.3 is 0 Å². The summed E-state index contributed by atoms with van der Waals surface area (Å²) in [7, 11) is 0. The molecule has 0 aliphatic heterocycles. The maximum Gasteiger partial charge on any atom is 0.141 e. The Morgan fingerprint density at radius 3 is 2.69 bits per heavy atom. The molecule has 4 heteroatoms. The van der Waals surface area contributed by atoms with E-state index in [9.17, 15) is 0 Å². The summed E-state index contributed by atoms with van der Waals surface area (Å²) in [4.78, 5) is 4.06. The van der Waals surface area contributed by atoms with Crippen LogP contribution in [0.2, 0.25) is 0 Å². The second kappa shape index (κ2) is 5.16. The van der Waals surface area contributed by atoms with Gasteiger partial charge in [-0.3, -0.25) is 0 Å². The van der Waals surface area contributed by atoms with Gasteiger partial charge in [-0.2, -0.15) is 0 Å². The summed E-state index contributed by atoms with van der Waals surface area (Å²) in [5.41, 5.74) is 3.89. The summed E-state index contributed by atoms with van der Waals surface area (Å²) in [6.07, 6.45) is 1.74. The number of rotatable bonds is 4. The second-order valence-electron chi connectivity index (χ2n) is 5.22. The van der Waals surface area contributed by atoms with Gasteiger partial charge < -0.3 is 10.7 Å². The molecule has 0 fully saturated rings. The smallest absolute Gasteiger partial charge is 0.141 e. The van der Waals surface area contributed by atoms with Crippen LogP contribution in [0.25, 0.3) is 0 Å². The number of pyridine rings is 1. The highest BCUT2D eigenvalue weighted by Gasteiger charge is 2.19. The third-order valence-electron chi connectivity index (χ3n) is 3.00. The Balaban J connectivity index is 2.54. The summed E-state index contributed by atoms with van der Waals surface area (Å²) in [5.74, 6) is 6.57. The molecule has 0 aromatic carbocycles. The number of nitrogens with one attached hydrogen (secondary N) is 2. The molecule has 4 nitrogen and oxygen atoms in total. The minimum absolute atomic E-state index is 0.314. The molecule has 0 saturated heterocycles. The molecule has 1 atom stereocenters. The second-order valence-corrected chi connectivity index (χ2v) is 5.22. The lowest BCUT2D eigenvalue weighted by Crippen LogP contribution is -2.24. The van der Waals surface area contributed by atoms with E-state index in [1.807, 2.05) is 12.1 Å². The van der Waals surface area contributed by atoms with Crippen molar-refractivity contribution >= 4 is 11.5 Å². The van der Waals surface area contributed by atoms with Gasteiger partial charge in [-0.1, -0.05) is 27.7 Å². The van der Waals surface area contributed by atoms with Crippen molar-refractivity contribution in [2.45, 2.75) is 27.7 Å². The van der Waals surface area contributed by atoms with E-state index < -0.39 is 0 Å². The quantitative estimate of drug-likeness (QED) is 0.541. The van der Waals surface area contributed by atoms with Crippen LogP contribution in [0.3, 0.4) is 0 Å². The van der Waals surface area contributed by atoms with E-state index in [0.29, 0.717) is 17.2 Å². The Bertz CT molecular complexity index is 330. The van der Waals surface area contributed by atoms with Crippen molar-refractivity contribution in [3.05, 3.63) is 18.3 Å². The van der Waals surface area contributed by atoms with E-state index in [0.717, 1.165) is 12.2 Å². The maximum atomic E-state index is 5.30. The SMILES string of the molecule is CC(CNc1ccnc(NN)c1)C(C)(C)C. The third-order valence-corrected chi connectivity index (χ3v) is 3.00. The fraction of sp³-hybridized carbons (Fsp3) is 0.583. The molecular weight excluding hydrogens is 200 g/mol. The zero-order valence-corrected chi connectivity index (χ0v) is 10.5. The molecule has 0 spiro atoms.